The van der Waals surface area contributed by atoms with Crippen molar-refractivity contribution in [3.05, 3.63) is 54.1 Å². The third-order valence-corrected chi connectivity index (χ3v) is 4.70. The van der Waals surface area contributed by atoms with E-state index in [4.69, 9.17) is 9.47 Å². The van der Waals surface area contributed by atoms with E-state index in [9.17, 15) is 13.6 Å². The number of amides is 1. The molecular weight excluding hydrogens is 360 g/mol. The average molecular weight is 379 g/mol. The Morgan fingerprint density at radius 3 is 2.88 bits per heavy atom. The number of thioether (sulfide) groups is 1. The van der Waals surface area contributed by atoms with Crippen LogP contribution in [0, 0.1) is 0 Å². The first-order valence-corrected chi connectivity index (χ1v) is 9.19. The molecule has 0 bridgehead atoms. The molecular formula is C19H19F2NO3S. The summed E-state index contributed by atoms with van der Waals surface area (Å²) < 4.78 is 36.5. The highest BCUT2D eigenvalue weighted by atomic mass is 32.2. The first-order chi connectivity index (χ1) is 12.6. The highest BCUT2D eigenvalue weighted by Gasteiger charge is 2.17. The van der Waals surface area contributed by atoms with Gasteiger partial charge in [0, 0.05) is 17.1 Å². The van der Waals surface area contributed by atoms with Crippen molar-refractivity contribution in [3.8, 4) is 5.75 Å². The van der Waals surface area contributed by atoms with Crippen molar-refractivity contribution < 1.29 is 23.0 Å². The van der Waals surface area contributed by atoms with E-state index in [-0.39, 0.29) is 12.0 Å². The first kappa shape index (κ1) is 18.7. The van der Waals surface area contributed by atoms with Crippen LogP contribution in [-0.4, -0.2) is 31.0 Å². The summed E-state index contributed by atoms with van der Waals surface area (Å²) in [6, 6.07) is 13.3. The van der Waals surface area contributed by atoms with Gasteiger partial charge in [0.25, 0.3) is 11.7 Å². The molecule has 1 saturated heterocycles. The van der Waals surface area contributed by atoms with E-state index in [1.807, 2.05) is 0 Å². The third kappa shape index (κ3) is 5.19. The van der Waals surface area contributed by atoms with Crippen LogP contribution in [0.3, 0.4) is 0 Å². The lowest BCUT2D eigenvalue weighted by Crippen LogP contribution is -2.17. The Balaban J connectivity index is 1.65. The molecule has 0 aromatic heterocycles. The van der Waals surface area contributed by atoms with E-state index in [2.05, 4.69) is 5.32 Å². The van der Waals surface area contributed by atoms with Crippen molar-refractivity contribution in [3.63, 3.8) is 0 Å². The molecule has 0 aliphatic carbocycles. The van der Waals surface area contributed by atoms with Crippen molar-refractivity contribution in [2.24, 2.45) is 0 Å². The number of carbonyl (C=O) groups excluding carboxylic acids is 1. The van der Waals surface area contributed by atoms with E-state index in [1.165, 1.54) is 0 Å². The van der Waals surface area contributed by atoms with Gasteiger partial charge in [-0.15, -0.1) is 0 Å². The fourth-order valence-electron chi connectivity index (χ4n) is 2.66. The smallest absolute Gasteiger partial charge is 0.288 e. The molecule has 2 aromatic rings. The quantitative estimate of drug-likeness (QED) is 0.701. The fourth-order valence-corrected chi connectivity index (χ4v) is 3.25. The molecule has 1 aliphatic rings. The minimum atomic E-state index is -2.55. The summed E-state index contributed by atoms with van der Waals surface area (Å²) >= 11 is 0.401. The van der Waals surface area contributed by atoms with Crippen molar-refractivity contribution in [1.29, 1.82) is 0 Å². The van der Waals surface area contributed by atoms with Gasteiger partial charge in [0.1, 0.15) is 12.4 Å². The number of nitrogens with one attached hydrogen (secondary N) is 1. The molecule has 1 aliphatic heterocycles. The lowest BCUT2D eigenvalue weighted by Gasteiger charge is -2.13. The second-order valence-electron chi connectivity index (χ2n) is 5.80. The lowest BCUT2D eigenvalue weighted by molar-refractivity contribution is 0.0679. The number of halogens is 2. The predicted molar refractivity (Wildman–Crippen MR) is 97.2 cm³/mol. The van der Waals surface area contributed by atoms with Gasteiger partial charge in [-0.25, -0.2) is 0 Å². The second kappa shape index (κ2) is 9.00. The molecule has 26 heavy (non-hydrogen) atoms. The number of rotatable bonds is 7. The normalized spacial score (nSPS) is 16.7. The van der Waals surface area contributed by atoms with Crippen LogP contribution < -0.4 is 10.1 Å². The summed E-state index contributed by atoms with van der Waals surface area (Å²) in [5.41, 5.74) is 0.750. The molecule has 4 nitrogen and oxygen atoms in total. The van der Waals surface area contributed by atoms with Crippen molar-refractivity contribution in [1.82, 2.24) is 0 Å². The van der Waals surface area contributed by atoms with Gasteiger partial charge in [0.05, 0.1) is 11.8 Å². The average Bonchev–Trinajstić information content (AvgIpc) is 3.15. The maximum atomic E-state index is 12.7. The molecule has 1 atom stereocenters. The zero-order valence-corrected chi connectivity index (χ0v) is 14.8. The van der Waals surface area contributed by atoms with E-state index < -0.39 is 5.76 Å². The Morgan fingerprint density at radius 1 is 1.27 bits per heavy atom. The Labute approximate surface area is 154 Å². The highest BCUT2D eigenvalue weighted by Crippen LogP contribution is 2.32. The summed E-state index contributed by atoms with van der Waals surface area (Å²) in [7, 11) is 0. The SMILES string of the molecule is O=C(Nc1ccccc1SC(F)F)c1cccc(OCC2CCCO2)c1. The maximum Gasteiger partial charge on any atom is 0.288 e. The summed E-state index contributed by atoms with van der Waals surface area (Å²) in [6.07, 6.45) is 2.09. The lowest BCUT2D eigenvalue weighted by atomic mass is 10.2. The van der Waals surface area contributed by atoms with Crippen LogP contribution in [0.4, 0.5) is 14.5 Å². The molecule has 1 unspecified atom stereocenters. The van der Waals surface area contributed by atoms with Crippen molar-refractivity contribution >= 4 is 23.4 Å². The van der Waals surface area contributed by atoms with Gasteiger partial charge < -0.3 is 14.8 Å². The topological polar surface area (TPSA) is 47.6 Å². The first-order valence-electron chi connectivity index (χ1n) is 8.31. The number of alkyl halides is 2. The minimum absolute atomic E-state index is 0.0886. The molecule has 0 saturated carbocycles. The number of hydrogen-bond donors (Lipinski definition) is 1. The summed E-state index contributed by atoms with van der Waals surface area (Å²) in [5.74, 6) is -2.36. The maximum absolute atomic E-state index is 12.7. The fraction of sp³-hybridized carbons (Fsp3) is 0.316. The number of hydrogen-bond acceptors (Lipinski definition) is 4. The highest BCUT2D eigenvalue weighted by molar-refractivity contribution is 7.99. The molecule has 1 fully saturated rings. The zero-order chi connectivity index (χ0) is 18.4. The molecule has 2 aromatic carbocycles. The molecule has 0 spiro atoms. The van der Waals surface area contributed by atoms with Gasteiger partial charge in [0.2, 0.25) is 0 Å². The van der Waals surface area contributed by atoms with Crippen LogP contribution in [-0.2, 0) is 4.74 Å². The molecule has 0 radical (unpaired) electrons. The standard InChI is InChI=1S/C19H19F2NO3S/c20-19(21)26-17-9-2-1-8-16(17)22-18(23)13-5-3-6-14(11-13)25-12-15-7-4-10-24-15/h1-3,5-6,8-9,11,15,19H,4,7,10,12H2,(H,22,23). The van der Waals surface area contributed by atoms with Crippen LogP contribution in [0.25, 0.3) is 0 Å². The van der Waals surface area contributed by atoms with Gasteiger partial charge in [-0.2, -0.15) is 8.78 Å². The number of para-hydroxylation sites is 1. The van der Waals surface area contributed by atoms with E-state index >= 15 is 0 Å². The number of benzene rings is 2. The summed E-state index contributed by atoms with van der Waals surface area (Å²) in [6.45, 7) is 1.20. The van der Waals surface area contributed by atoms with Crippen LogP contribution in [0.5, 0.6) is 5.75 Å². The van der Waals surface area contributed by atoms with Gasteiger partial charge in [0.15, 0.2) is 0 Å². The Morgan fingerprint density at radius 2 is 2.12 bits per heavy atom. The molecule has 138 valence electrons. The monoisotopic (exact) mass is 379 g/mol. The molecule has 1 amide bonds. The van der Waals surface area contributed by atoms with Gasteiger partial charge in [-0.05, 0) is 43.2 Å². The number of ether oxygens (including phenoxy) is 2. The molecule has 1 heterocycles. The Hall–Kier alpha value is -2.12. The minimum Gasteiger partial charge on any atom is -0.491 e. The largest absolute Gasteiger partial charge is 0.491 e. The predicted octanol–water partition coefficient (Wildman–Crippen LogP) is 4.81. The number of anilines is 1. The van der Waals surface area contributed by atoms with Crippen molar-refractivity contribution in [2.45, 2.75) is 29.6 Å². The van der Waals surface area contributed by atoms with Crippen molar-refractivity contribution in [2.75, 3.05) is 18.5 Å². The Bertz CT molecular complexity index is 751. The molecule has 3 rings (SSSR count). The zero-order valence-electron chi connectivity index (χ0n) is 14.0. The molecule has 1 N–H and O–H groups in total. The van der Waals surface area contributed by atoms with E-state index in [1.54, 1.807) is 48.5 Å². The van der Waals surface area contributed by atoms with Crippen LogP contribution in [0.2, 0.25) is 0 Å². The summed E-state index contributed by atoms with van der Waals surface area (Å²) in [5, 5.41) is 2.68. The van der Waals surface area contributed by atoms with Gasteiger partial charge >= 0.3 is 0 Å². The summed E-state index contributed by atoms with van der Waals surface area (Å²) in [4.78, 5) is 12.8. The van der Waals surface area contributed by atoms with Crippen LogP contribution >= 0.6 is 11.8 Å². The van der Waals surface area contributed by atoms with E-state index in [0.29, 0.717) is 40.3 Å². The second-order valence-corrected chi connectivity index (χ2v) is 6.83. The molecule has 7 heteroatoms. The van der Waals surface area contributed by atoms with E-state index in [0.717, 1.165) is 19.4 Å². The number of carbonyl (C=O) groups is 1. The van der Waals surface area contributed by atoms with Gasteiger partial charge in [-0.1, -0.05) is 30.0 Å². The third-order valence-electron chi connectivity index (χ3n) is 3.91. The van der Waals surface area contributed by atoms with Gasteiger partial charge in [-0.3, -0.25) is 4.79 Å². The van der Waals surface area contributed by atoms with Crippen LogP contribution in [0.1, 0.15) is 23.2 Å². The van der Waals surface area contributed by atoms with Crippen LogP contribution in [0.15, 0.2) is 53.4 Å². The Kier molecular flexibility index (Phi) is 6.46.